The van der Waals surface area contributed by atoms with Crippen molar-refractivity contribution >= 4 is 43.7 Å². The third-order valence-electron chi connectivity index (χ3n) is 10.7. The number of aromatic nitrogens is 4. The standard InChI is InChI=1S/C51H32N4O/c1-4-15-33(16-5-1)49-52-50(34-17-6-2-7-18-34)54-51(53-49)36-28-30-41-40-29-27-35(31-46(40)56-47(41)32-36)38-21-10-11-22-39(38)42-24-14-26-45-48(42)43-23-12-13-25-44(43)55(45)37-19-8-3-9-20-37/h1-32H. The fourth-order valence-electron chi connectivity index (χ4n) is 8.09. The third kappa shape index (κ3) is 5.29. The Morgan fingerprint density at radius 2 is 0.839 bits per heavy atom. The van der Waals surface area contributed by atoms with Gasteiger partial charge in [-0.1, -0.05) is 146 Å². The zero-order chi connectivity index (χ0) is 37.0. The van der Waals surface area contributed by atoms with Crippen molar-refractivity contribution < 1.29 is 4.42 Å². The summed E-state index contributed by atoms with van der Waals surface area (Å²) in [5.41, 5.74) is 12.5. The first-order valence-electron chi connectivity index (χ1n) is 18.8. The SMILES string of the molecule is c1ccc(-c2nc(-c3ccccc3)nc(-c3ccc4c(c3)oc3cc(-c5ccccc5-c5cccc6c5c5ccccc5n6-c5ccccc5)ccc34)n2)cc1. The normalized spacial score (nSPS) is 11.6. The van der Waals surface area contributed by atoms with E-state index < -0.39 is 0 Å². The van der Waals surface area contributed by atoms with E-state index >= 15 is 0 Å². The second kappa shape index (κ2) is 13.0. The van der Waals surface area contributed by atoms with Crippen LogP contribution in [0.15, 0.2) is 199 Å². The molecule has 0 aliphatic rings. The number of fused-ring (bicyclic) bond motifs is 6. The van der Waals surface area contributed by atoms with Gasteiger partial charge in [-0.2, -0.15) is 0 Å². The Morgan fingerprint density at radius 3 is 1.52 bits per heavy atom. The van der Waals surface area contributed by atoms with Gasteiger partial charge in [0.05, 0.1) is 11.0 Å². The summed E-state index contributed by atoms with van der Waals surface area (Å²) in [6.45, 7) is 0. The highest BCUT2D eigenvalue weighted by Crippen LogP contribution is 2.43. The molecule has 8 aromatic carbocycles. The van der Waals surface area contributed by atoms with E-state index in [1.807, 2.05) is 66.7 Å². The minimum atomic E-state index is 0.595. The van der Waals surface area contributed by atoms with Crippen LogP contribution in [0.4, 0.5) is 0 Å². The monoisotopic (exact) mass is 716 g/mol. The van der Waals surface area contributed by atoms with Gasteiger partial charge >= 0.3 is 0 Å². The molecule has 0 N–H and O–H groups in total. The molecule has 0 radical (unpaired) electrons. The lowest BCUT2D eigenvalue weighted by atomic mass is 9.91. The molecule has 3 heterocycles. The lowest BCUT2D eigenvalue weighted by molar-refractivity contribution is 0.669. The van der Waals surface area contributed by atoms with Crippen LogP contribution in [0.2, 0.25) is 0 Å². The van der Waals surface area contributed by atoms with E-state index in [1.165, 1.54) is 32.9 Å². The molecule has 11 rings (SSSR count). The number of hydrogen-bond donors (Lipinski definition) is 0. The van der Waals surface area contributed by atoms with Crippen LogP contribution in [0, 0.1) is 0 Å². The molecule has 11 aromatic rings. The van der Waals surface area contributed by atoms with Crippen molar-refractivity contribution in [3.05, 3.63) is 194 Å². The lowest BCUT2D eigenvalue weighted by Crippen LogP contribution is -2.00. The van der Waals surface area contributed by atoms with Gasteiger partial charge < -0.3 is 8.98 Å². The van der Waals surface area contributed by atoms with Crippen LogP contribution < -0.4 is 0 Å². The molecule has 0 atom stereocenters. The number of rotatable bonds is 6. The Hall–Kier alpha value is -7.63. The van der Waals surface area contributed by atoms with Crippen LogP contribution in [-0.4, -0.2) is 19.5 Å². The van der Waals surface area contributed by atoms with Crippen LogP contribution in [0.3, 0.4) is 0 Å². The Balaban J connectivity index is 1.03. The van der Waals surface area contributed by atoms with Crippen LogP contribution >= 0.6 is 0 Å². The maximum Gasteiger partial charge on any atom is 0.164 e. The maximum atomic E-state index is 6.66. The molecule has 0 aliphatic heterocycles. The van der Waals surface area contributed by atoms with E-state index in [9.17, 15) is 0 Å². The van der Waals surface area contributed by atoms with Crippen molar-refractivity contribution in [2.75, 3.05) is 0 Å². The highest BCUT2D eigenvalue weighted by atomic mass is 16.3. The molecular weight excluding hydrogens is 685 g/mol. The number of para-hydroxylation sites is 2. The zero-order valence-corrected chi connectivity index (χ0v) is 30.2. The van der Waals surface area contributed by atoms with E-state index in [0.29, 0.717) is 17.5 Å². The average Bonchev–Trinajstić information content (AvgIpc) is 3.82. The molecule has 56 heavy (non-hydrogen) atoms. The Kier molecular flexibility index (Phi) is 7.42. The summed E-state index contributed by atoms with van der Waals surface area (Å²) in [6.07, 6.45) is 0. The molecule has 3 aromatic heterocycles. The predicted molar refractivity (Wildman–Crippen MR) is 229 cm³/mol. The van der Waals surface area contributed by atoms with E-state index in [4.69, 9.17) is 19.4 Å². The molecule has 0 saturated carbocycles. The molecule has 5 nitrogen and oxygen atoms in total. The first kappa shape index (κ1) is 31.9. The molecule has 0 bridgehead atoms. The Morgan fingerprint density at radius 1 is 0.339 bits per heavy atom. The van der Waals surface area contributed by atoms with Gasteiger partial charge in [-0.3, -0.25) is 0 Å². The van der Waals surface area contributed by atoms with Crippen molar-refractivity contribution in [1.82, 2.24) is 19.5 Å². The van der Waals surface area contributed by atoms with Crippen molar-refractivity contribution in [3.8, 4) is 62.1 Å². The summed E-state index contributed by atoms with van der Waals surface area (Å²) < 4.78 is 9.03. The van der Waals surface area contributed by atoms with Crippen molar-refractivity contribution in [2.24, 2.45) is 0 Å². The van der Waals surface area contributed by atoms with E-state index in [-0.39, 0.29) is 0 Å². The number of furan rings is 1. The molecule has 0 saturated heterocycles. The average molecular weight is 717 g/mol. The van der Waals surface area contributed by atoms with Gasteiger partial charge in [0.15, 0.2) is 17.5 Å². The van der Waals surface area contributed by atoms with Gasteiger partial charge in [0, 0.05) is 43.9 Å². The predicted octanol–water partition coefficient (Wildman–Crippen LogP) is 13.2. The summed E-state index contributed by atoms with van der Waals surface area (Å²) in [6, 6.07) is 67.5. The van der Waals surface area contributed by atoms with Crippen molar-refractivity contribution in [3.63, 3.8) is 0 Å². The highest BCUT2D eigenvalue weighted by molar-refractivity contribution is 6.17. The first-order chi connectivity index (χ1) is 27.8. The van der Waals surface area contributed by atoms with Crippen LogP contribution in [0.25, 0.3) is 106 Å². The minimum absolute atomic E-state index is 0.595. The number of nitrogens with zero attached hydrogens (tertiary/aromatic N) is 4. The van der Waals surface area contributed by atoms with Crippen molar-refractivity contribution in [2.45, 2.75) is 0 Å². The minimum Gasteiger partial charge on any atom is -0.456 e. The van der Waals surface area contributed by atoms with Gasteiger partial charge in [-0.05, 0) is 70.8 Å². The molecule has 0 spiro atoms. The van der Waals surface area contributed by atoms with Gasteiger partial charge in [-0.25, -0.2) is 15.0 Å². The topological polar surface area (TPSA) is 56.7 Å². The summed E-state index contributed by atoms with van der Waals surface area (Å²) >= 11 is 0. The van der Waals surface area contributed by atoms with Gasteiger partial charge in [0.2, 0.25) is 0 Å². The summed E-state index contributed by atoms with van der Waals surface area (Å²) in [4.78, 5) is 14.8. The van der Waals surface area contributed by atoms with Crippen LogP contribution in [0.5, 0.6) is 0 Å². The molecule has 5 heteroatoms. The summed E-state index contributed by atoms with van der Waals surface area (Å²) in [5, 5.41) is 4.57. The van der Waals surface area contributed by atoms with E-state index in [0.717, 1.165) is 55.4 Å². The summed E-state index contributed by atoms with van der Waals surface area (Å²) in [7, 11) is 0. The van der Waals surface area contributed by atoms with Gasteiger partial charge in [0.25, 0.3) is 0 Å². The third-order valence-corrected chi connectivity index (χ3v) is 10.7. The van der Waals surface area contributed by atoms with Gasteiger partial charge in [0.1, 0.15) is 11.2 Å². The van der Waals surface area contributed by atoms with Crippen molar-refractivity contribution in [1.29, 1.82) is 0 Å². The number of hydrogen-bond acceptors (Lipinski definition) is 4. The van der Waals surface area contributed by atoms with E-state index in [2.05, 4.69) is 132 Å². The molecule has 0 aliphatic carbocycles. The second-order valence-electron chi connectivity index (χ2n) is 14.0. The van der Waals surface area contributed by atoms with Crippen LogP contribution in [0.1, 0.15) is 0 Å². The summed E-state index contributed by atoms with van der Waals surface area (Å²) in [5.74, 6) is 1.85. The molecular formula is C51H32N4O. The fourth-order valence-corrected chi connectivity index (χ4v) is 8.09. The number of benzene rings is 8. The quantitative estimate of drug-likeness (QED) is 0.172. The largest absolute Gasteiger partial charge is 0.456 e. The second-order valence-corrected chi connectivity index (χ2v) is 14.0. The highest BCUT2D eigenvalue weighted by Gasteiger charge is 2.19. The van der Waals surface area contributed by atoms with E-state index in [1.54, 1.807) is 0 Å². The maximum absolute atomic E-state index is 6.66. The first-order valence-corrected chi connectivity index (χ1v) is 18.8. The molecule has 0 amide bonds. The lowest BCUT2D eigenvalue weighted by Gasteiger charge is -2.12. The van der Waals surface area contributed by atoms with Crippen LogP contribution in [-0.2, 0) is 0 Å². The Labute approximate surface area is 322 Å². The smallest absolute Gasteiger partial charge is 0.164 e. The van der Waals surface area contributed by atoms with Gasteiger partial charge in [-0.15, -0.1) is 0 Å². The fraction of sp³-hybridized carbons (Fsp3) is 0. The Bertz CT molecular complexity index is 3180. The zero-order valence-electron chi connectivity index (χ0n) is 30.2. The molecule has 0 fully saturated rings. The molecule has 0 unspecified atom stereocenters. The molecule has 262 valence electrons.